The molecule has 2 atom stereocenters. The van der Waals surface area contributed by atoms with Crippen molar-refractivity contribution in [2.75, 3.05) is 13.1 Å². The molecule has 26 heavy (non-hydrogen) atoms. The highest BCUT2D eigenvalue weighted by molar-refractivity contribution is 5.88. The Labute approximate surface area is 163 Å². The van der Waals surface area contributed by atoms with Crippen molar-refractivity contribution < 1.29 is 9.59 Å². The number of halogens is 1. The fourth-order valence-electron chi connectivity index (χ4n) is 3.35. The summed E-state index contributed by atoms with van der Waals surface area (Å²) in [6.07, 6.45) is 2.26. The summed E-state index contributed by atoms with van der Waals surface area (Å²) in [5.74, 6) is 0.622. The molecular weight excluding hydrogens is 350 g/mol. The van der Waals surface area contributed by atoms with Crippen LogP contribution in [0.3, 0.4) is 0 Å². The van der Waals surface area contributed by atoms with Crippen LogP contribution >= 0.6 is 12.4 Å². The first-order valence-corrected chi connectivity index (χ1v) is 9.27. The van der Waals surface area contributed by atoms with Crippen LogP contribution < -0.4 is 11.1 Å². The zero-order valence-corrected chi connectivity index (χ0v) is 16.8. The Balaban J connectivity index is 0.00000338. The lowest BCUT2D eigenvalue weighted by molar-refractivity contribution is -0.138. The molecule has 0 bridgehead atoms. The van der Waals surface area contributed by atoms with Gasteiger partial charge in [0.1, 0.15) is 6.04 Å². The summed E-state index contributed by atoms with van der Waals surface area (Å²) >= 11 is 0. The highest BCUT2D eigenvalue weighted by atomic mass is 35.5. The summed E-state index contributed by atoms with van der Waals surface area (Å²) in [6.45, 7) is 7.43. The number of nitrogens with two attached hydrogens (primary N) is 1. The van der Waals surface area contributed by atoms with Crippen LogP contribution in [0.4, 0.5) is 0 Å². The van der Waals surface area contributed by atoms with Crippen LogP contribution in [-0.2, 0) is 9.59 Å². The fourth-order valence-corrected chi connectivity index (χ4v) is 3.35. The molecule has 1 aliphatic rings. The Kier molecular flexibility index (Phi) is 9.09. The van der Waals surface area contributed by atoms with E-state index in [1.54, 1.807) is 0 Å². The van der Waals surface area contributed by atoms with Gasteiger partial charge in [0.2, 0.25) is 11.8 Å². The molecule has 3 N–H and O–H groups in total. The molecule has 0 radical (unpaired) electrons. The number of hydrogen-bond donors (Lipinski definition) is 2. The number of nitrogens with zero attached hydrogens (tertiary/aromatic N) is 1. The van der Waals surface area contributed by atoms with E-state index in [-0.39, 0.29) is 36.2 Å². The molecule has 2 rings (SSSR count). The third kappa shape index (κ3) is 6.29. The minimum atomic E-state index is -0.612. The SMILES string of the molecule is CC(C)CC(=O)NC(C(=O)N1CCC(C(C)N)CC1)c1ccccc1.Cl. The van der Waals surface area contributed by atoms with Gasteiger partial charge in [-0.25, -0.2) is 0 Å². The lowest BCUT2D eigenvalue weighted by Gasteiger charge is -2.36. The molecule has 0 saturated carbocycles. The van der Waals surface area contributed by atoms with E-state index in [1.807, 2.05) is 56.0 Å². The normalized spacial score (nSPS) is 17.3. The van der Waals surface area contributed by atoms with Gasteiger partial charge in [0.25, 0.3) is 0 Å². The monoisotopic (exact) mass is 381 g/mol. The molecule has 1 aromatic rings. The zero-order valence-electron chi connectivity index (χ0n) is 16.0. The van der Waals surface area contributed by atoms with Gasteiger partial charge in [0, 0.05) is 25.6 Å². The van der Waals surface area contributed by atoms with Crippen molar-refractivity contribution in [1.82, 2.24) is 10.2 Å². The predicted octanol–water partition coefficient (Wildman–Crippen LogP) is 2.90. The highest BCUT2D eigenvalue weighted by Crippen LogP contribution is 2.23. The molecule has 2 unspecified atom stereocenters. The van der Waals surface area contributed by atoms with E-state index in [2.05, 4.69) is 5.32 Å². The molecule has 1 aliphatic heterocycles. The summed E-state index contributed by atoms with van der Waals surface area (Å²) in [6, 6.07) is 9.04. The first-order valence-electron chi connectivity index (χ1n) is 9.27. The highest BCUT2D eigenvalue weighted by Gasteiger charge is 2.31. The minimum absolute atomic E-state index is 0. The lowest BCUT2D eigenvalue weighted by atomic mass is 9.90. The molecule has 0 aliphatic carbocycles. The zero-order chi connectivity index (χ0) is 18.4. The number of carbonyl (C=O) groups is 2. The third-order valence-electron chi connectivity index (χ3n) is 4.87. The van der Waals surface area contributed by atoms with Crippen LogP contribution in [0.5, 0.6) is 0 Å². The van der Waals surface area contributed by atoms with Crippen molar-refractivity contribution in [2.24, 2.45) is 17.6 Å². The summed E-state index contributed by atoms with van der Waals surface area (Å²) in [4.78, 5) is 27.2. The third-order valence-corrected chi connectivity index (χ3v) is 4.87. The Morgan fingerprint density at radius 3 is 2.23 bits per heavy atom. The first-order chi connectivity index (χ1) is 11.9. The molecule has 0 aromatic heterocycles. The van der Waals surface area contributed by atoms with Crippen LogP contribution in [0.15, 0.2) is 30.3 Å². The molecule has 5 nitrogen and oxygen atoms in total. The number of carbonyl (C=O) groups excluding carboxylic acids is 2. The maximum Gasteiger partial charge on any atom is 0.249 e. The van der Waals surface area contributed by atoms with Crippen LogP contribution in [0, 0.1) is 11.8 Å². The maximum atomic E-state index is 13.1. The van der Waals surface area contributed by atoms with Gasteiger partial charge < -0.3 is 16.0 Å². The number of piperidine rings is 1. The molecule has 1 saturated heterocycles. The Bertz CT molecular complexity index is 570. The van der Waals surface area contributed by atoms with Crippen molar-refractivity contribution in [3.05, 3.63) is 35.9 Å². The lowest BCUT2D eigenvalue weighted by Crippen LogP contribution is -2.47. The molecule has 0 spiro atoms. The molecular formula is C20H32ClN3O2. The van der Waals surface area contributed by atoms with Gasteiger partial charge in [0.15, 0.2) is 0 Å². The minimum Gasteiger partial charge on any atom is -0.341 e. The molecule has 146 valence electrons. The molecule has 1 fully saturated rings. The van der Waals surface area contributed by atoms with Gasteiger partial charge in [-0.05, 0) is 37.2 Å². The molecule has 2 amide bonds. The average molecular weight is 382 g/mol. The van der Waals surface area contributed by atoms with Crippen molar-refractivity contribution in [2.45, 2.75) is 52.1 Å². The van der Waals surface area contributed by atoms with Crippen LogP contribution in [0.1, 0.15) is 51.6 Å². The van der Waals surface area contributed by atoms with Crippen molar-refractivity contribution >= 4 is 24.2 Å². The van der Waals surface area contributed by atoms with Gasteiger partial charge in [-0.15, -0.1) is 12.4 Å². The van der Waals surface area contributed by atoms with Crippen molar-refractivity contribution in [3.63, 3.8) is 0 Å². The van der Waals surface area contributed by atoms with E-state index in [4.69, 9.17) is 5.73 Å². The number of likely N-dealkylation sites (tertiary alicyclic amines) is 1. The number of amides is 2. The van der Waals surface area contributed by atoms with E-state index in [0.29, 0.717) is 25.4 Å². The number of nitrogens with one attached hydrogen (secondary N) is 1. The molecule has 1 aromatic carbocycles. The van der Waals surface area contributed by atoms with Crippen LogP contribution in [0.2, 0.25) is 0 Å². The first kappa shape index (κ1) is 22.5. The molecule has 1 heterocycles. The Morgan fingerprint density at radius 2 is 1.73 bits per heavy atom. The van der Waals surface area contributed by atoms with Gasteiger partial charge in [-0.2, -0.15) is 0 Å². The quantitative estimate of drug-likeness (QED) is 0.795. The van der Waals surface area contributed by atoms with Crippen LogP contribution in [-0.4, -0.2) is 35.8 Å². The second kappa shape index (κ2) is 10.5. The number of benzene rings is 1. The Hall–Kier alpha value is -1.59. The summed E-state index contributed by atoms with van der Waals surface area (Å²) < 4.78 is 0. The second-order valence-electron chi connectivity index (χ2n) is 7.53. The smallest absolute Gasteiger partial charge is 0.249 e. The predicted molar refractivity (Wildman–Crippen MR) is 107 cm³/mol. The van der Waals surface area contributed by atoms with Crippen molar-refractivity contribution in [3.8, 4) is 0 Å². The summed E-state index contributed by atoms with van der Waals surface area (Å²) in [5, 5.41) is 2.94. The fraction of sp³-hybridized carbons (Fsp3) is 0.600. The maximum absolute atomic E-state index is 13.1. The Morgan fingerprint density at radius 1 is 1.15 bits per heavy atom. The molecule has 6 heteroatoms. The standard InChI is InChI=1S/C20H31N3O2.ClH/c1-14(2)13-18(24)22-19(17-7-5-4-6-8-17)20(25)23-11-9-16(10-12-23)15(3)21;/h4-8,14-16,19H,9-13,21H2,1-3H3,(H,22,24);1H. The van der Waals surface area contributed by atoms with E-state index in [1.165, 1.54) is 0 Å². The number of hydrogen-bond acceptors (Lipinski definition) is 3. The van der Waals surface area contributed by atoms with Gasteiger partial charge in [-0.1, -0.05) is 44.2 Å². The topological polar surface area (TPSA) is 75.4 Å². The van der Waals surface area contributed by atoms with E-state index < -0.39 is 6.04 Å². The van der Waals surface area contributed by atoms with E-state index >= 15 is 0 Å². The van der Waals surface area contributed by atoms with Gasteiger partial charge >= 0.3 is 0 Å². The van der Waals surface area contributed by atoms with Gasteiger partial charge in [-0.3, -0.25) is 9.59 Å². The van der Waals surface area contributed by atoms with E-state index in [9.17, 15) is 9.59 Å². The second-order valence-corrected chi connectivity index (χ2v) is 7.53. The van der Waals surface area contributed by atoms with Crippen molar-refractivity contribution in [1.29, 1.82) is 0 Å². The summed E-state index contributed by atoms with van der Waals surface area (Å²) in [7, 11) is 0. The average Bonchev–Trinajstić information content (AvgIpc) is 2.59. The number of rotatable bonds is 6. The largest absolute Gasteiger partial charge is 0.341 e. The van der Waals surface area contributed by atoms with Gasteiger partial charge in [0.05, 0.1) is 0 Å². The summed E-state index contributed by atoms with van der Waals surface area (Å²) in [5.41, 5.74) is 6.82. The van der Waals surface area contributed by atoms with Crippen LogP contribution in [0.25, 0.3) is 0 Å². The van der Waals surface area contributed by atoms with E-state index in [0.717, 1.165) is 18.4 Å².